The summed E-state index contributed by atoms with van der Waals surface area (Å²) in [6.45, 7) is 6.58. The van der Waals surface area contributed by atoms with Crippen molar-refractivity contribution < 1.29 is 4.92 Å². The maximum Gasteiger partial charge on any atom is 0.296 e. The molecule has 6 heteroatoms. The lowest BCUT2D eigenvalue weighted by Gasteiger charge is -2.00. The van der Waals surface area contributed by atoms with Crippen LogP contribution in [0.1, 0.15) is 18.1 Å². The van der Waals surface area contributed by atoms with Gasteiger partial charge < -0.3 is 5.32 Å². The van der Waals surface area contributed by atoms with Crippen LogP contribution in [0.3, 0.4) is 0 Å². The first kappa shape index (κ1) is 11.8. The molecule has 0 bridgehead atoms. The van der Waals surface area contributed by atoms with Gasteiger partial charge in [-0.05, 0) is 31.9 Å². The number of fused-ring (bicyclic) bond motifs is 1. The minimum absolute atomic E-state index is 0.0866. The minimum atomic E-state index is -0.371. The van der Waals surface area contributed by atoms with Crippen molar-refractivity contribution in [1.29, 1.82) is 0 Å². The topological polar surface area (TPSA) is 68.1 Å². The monoisotopic (exact) mass is 251 g/mol. The first-order valence-electron chi connectivity index (χ1n) is 5.33. The first-order valence-corrected chi connectivity index (χ1v) is 6.15. The third kappa shape index (κ3) is 1.95. The van der Waals surface area contributed by atoms with Gasteiger partial charge in [0.2, 0.25) is 0 Å². The number of nitrogens with one attached hydrogen (secondary N) is 1. The Hall–Kier alpha value is -1.69. The lowest BCUT2D eigenvalue weighted by Crippen LogP contribution is -1.95. The summed E-state index contributed by atoms with van der Waals surface area (Å²) < 4.78 is 0.896. The third-order valence-corrected chi connectivity index (χ3v) is 3.81. The second-order valence-corrected chi connectivity index (χ2v) is 4.82. The highest BCUT2D eigenvalue weighted by molar-refractivity contribution is 7.22. The van der Waals surface area contributed by atoms with E-state index in [2.05, 4.69) is 10.3 Å². The van der Waals surface area contributed by atoms with Crippen molar-refractivity contribution in [2.45, 2.75) is 20.8 Å². The normalized spacial score (nSPS) is 10.8. The highest BCUT2D eigenvalue weighted by atomic mass is 32.1. The van der Waals surface area contributed by atoms with E-state index in [1.165, 1.54) is 11.3 Å². The van der Waals surface area contributed by atoms with Crippen molar-refractivity contribution in [2.75, 3.05) is 11.9 Å². The summed E-state index contributed by atoms with van der Waals surface area (Å²) in [5.74, 6) is 0. The number of hydrogen-bond acceptors (Lipinski definition) is 5. The standard InChI is InChI=1S/C11H13N3O2S/c1-4-12-11-13-9-8(14(15)16)5-6(2)7(3)10(9)17-11/h5H,4H2,1-3H3,(H,12,13). The third-order valence-electron chi connectivity index (χ3n) is 2.68. The molecule has 1 aromatic heterocycles. The molecule has 0 unspecified atom stereocenters. The Bertz CT molecular complexity index is 592. The number of nitro benzene ring substituents is 1. The Morgan fingerprint density at radius 2 is 2.24 bits per heavy atom. The van der Waals surface area contributed by atoms with E-state index in [1.54, 1.807) is 6.07 Å². The number of nitrogens with zero attached hydrogens (tertiary/aromatic N) is 2. The Balaban J connectivity index is 2.75. The van der Waals surface area contributed by atoms with Gasteiger partial charge in [0.05, 0.1) is 9.62 Å². The largest absolute Gasteiger partial charge is 0.362 e. The number of hydrogen-bond donors (Lipinski definition) is 1. The molecule has 0 saturated carbocycles. The van der Waals surface area contributed by atoms with Crippen molar-refractivity contribution >= 4 is 32.4 Å². The van der Waals surface area contributed by atoms with Gasteiger partial charge in [-0.3, -0.25) is 10.1 Å². The van der Waals surface area contributed by atoms with Crippen LogP contribution < -0.4 is 5.32 Å². The molecule has 1 aromatic carbocycles. The molecule has 5 nitrogen and oxygen atoms in total. The van der Waals surface area contributed by atoms with Crippen molar-refractivity contribution in [1.82, 2.24) is 4.98 Å². The summed E-state index contributed by atoms with van der Waals surface area (Å²) in [6.07, 6.45) is 0. The van der Waals surface area contributed by atoms with E-state index in [1.807, 2.05) is 20.8 Å². The second kappa shape index (κ2) is 4.29. The second-order valence-electron chi connectivity index (χ2n) is 3.82. The van der Waals surface area contributed by atoms with Crippen LogP contribution in [0, 0.1) is 24.0 Å². The molecule has 17 heavy (non-hydrogen) atoms. The fourth-order valence-corrected chi connectivity index (χ4v) is 2.78. The molecule has 0 spiro atoms. The van der Waals surface area contributed by atoms with Crippen molar-refractivity contribution in [2.24, 2.45) is 0 Å². The van der Waals surface area contributed by atoms with Crippen molar-refractivity contribution in [3.8, 4) is 0 Å². The molecule has 0 aliphatic heterocycles. The van der Waals surface area contributed by atoms with Gasteiger partial charge in [-0.25, -0.2) is 4.98 Å². The maximum absolute atomic E-state index is 11.0. The summed E-state index contributed by atoms with van der Waals surface area (Å²) in [7, 11) is 0. The van der Waals surface area contributed by atoms with Gasteiger partial charge in [0, 0.05) is 12.6 Å². The van der Waals surface area contributed by atoms with Crippen LogP contribution in [0.2, 0.25) is 0 Å². The van der Waals surface area contributed by atoms with Gasteiger partial charge in [0.15, 0.2) is 10.6 Å². The summed E-state index contributed by atoms with van der Waals surface area (Å²) in [5.41, 5.74) is 2.56. The zero-order chi connectivity index (χ0) is 12.6. The lowest BCUT2D eigenvalue weighted by atomic mass is 10.1. The quantitative estimate of drug-likeness (QED) is 0.671. The maximum atomic E-state index is 11.0. The zero-order valence-corrected chi connectivity index (χ0v) is 10.7. The molecular weight excluding hydrogens is 238 g/mol. The molecule has 90 valence electrons. The van der Waals surface area contributed by atoms with Crippen molar-refractivity contribution in [3.63, 3.8) is 0 Å². The molecule has 0 radical (unpaired) electrons. The Labute approximate surface area is 103 Å². The number of anilines is 1. The number of nitro groups is 1. The molecule has 0 atom stereocenters. The van der Waals surface area contributed by atoms with E-state index < -0.39 is 0 Å². The highest BCUT2D eigenvalue weighted by Crippen LogP contribution is 2.36. The van der Waals surface area contributed by atoms with Crippen LogP contribution >= 0.6 is 11.3 Å². The molecular formula is C11H13N3O2S. The van der Waals surface area contributed by atoms with Crippen LogP contribution in [0.15, 0.2) is 6.07 Å². The number of benzene rings is 1. The molecule has 2 aromatic rings. The summed E-state index contributed by atoms with van der Waals surface area (Å²) in [5, 5.41) is 14.8. The van der Waals surface area contributed by atoms with Gasteiger partial charge in [-0.15, -0.1) is 0 Å². The average Bonchev–Trinajstić information content (AvgIpc) is 2.67. The van der Waals surface area contributed by atoms with E-state index in [0.29, 0.717) is 5.52 Å². The number of aromatic nitrogens is 1. The molecule has 0 aliphatic carbocycles. The van der Waals surface area contributed by atoms with E-state index in [0.717, 1.165) is 27.5 Å². The van der Waals surface area contributed by atoms with Gasteiger partial charge in [0.1, 0.15) is 0 Å². The Morgan fingerprint density at radius 3 is 2.82 bits per heavy atom. The van der Waals surface area contributed by atoms with E-state index in [4.69, 9.17) is 0 Å². The predicted molar refractivity (Wildman–Crippen MR) is 69.9 cm³/mol. The van der Waals surface area contributed by atoms with Crippen LogP contribution in [0.5, 0.6) is 0 Å². The van der Waals surface area contributed by atoms with Gasteiger partial charge in [0.25, 0.3) is 5.69 Å². The SMILES string of the molecule is CCNc1nc2c([N+](=O)[O-])cc(C)c(C)c2s1. The average molecular weight is 251 g/mol. The van der Waals surface area contributed by atoms with Gasteiger partial charge >= 0.3 is 0 Å². The molecule has 1 N–H and O–H groups in total. The minimum Gasteiger partial charge on any atom is -0.362 e. The molecule has 0 aliphatic rings. The summed E-state index contributed by atoms with van der Waals surface area (Å²) >= 11 is 1.47. The van der Waals surface area contributed by atoms with E-state index >= 15 is 0 Å². The highest BCUT2D eigenvalue weighted by Gasteiger charge is 2.19. The molecule has 0 amide bonds. The molecule has 0 fully saturated rings. The summed E-state index contributed by atoms with van der Waals surface area (Å²) in [4.78, 5) is 14.9. The molecule has 2 rings (SSSR count). The zero-order valence-electron chi connectivity index (χ0n) is 9.90. The van der Waals surface area contributed by atoms with Crippen LogP contribution in [0.25, 0.3) is 10.2 Å². The fraction of sp³-hybridized carbons (Fsp3) is 0.364. The summed E-state index contributed by atoms with van der Waals surface area (Å²) in [6, 6.07) is 1.59. The lowest BCUT2D eigenvalue weighted by molar-refractivity contribution is -0.383. The van der Waals surface area contributed by atoms with E-state index in [9.17, 15) is 10.1 Å². The van der Waals surface area contributed by atoms with Gasteiger partial charge in [-0.1, -0.05) is 11.3 Å². The Morgan fingerprint density at radius 1 is 1.53 bits per heavy atom. The van der Waals surface area contributed by atoms with Crippen LogP contribution in [-0.4, -0.2) is 16.5 Å². The van der Waals surface area contributed by atoms with E-state index in [-0.39, 0.29) is 10.6 Å². The smallest absolute Gasteiger partial charge is 0.296 e. The number of rotatable bonds is 3. The molecule has 1 heterocycles. The number of aryl methyl sites for hydroxylation is 2. The predicted octanol–water partition coefficient (Wildman–Crippen LogP) is 3.25. The van der Waals surface area contributed by atoms with Crippen molar-refractivity contribution in [3.05, 3.63) is 27.3 Å². The Kier molecular flexibility index (Phi) is 2.97. The number of non-ortho nitro benzene ring substituents is 1. The van der Waals surface area contributed by atoms with Gasteiger partial charge in [-0.2, -0.15) is 0 Å². The van der Waals surface area contributed by atoms with Crippen LogP contribution in [0.4, 0.5) is 10.8 Å². The first-order chi connectivity index (χ1) is 8.04. The fourth-order valence-electron chi connectivity index (χ4n) is 1.67. The molecule has 0 saturated heterocycles. The van der Waals surface area contributed by atoms with Crippen LogP contribution in [-0.2, 0) is 0 Å². The number of thiazole rings is 1.